The minimum Gasteiger partial charge on any atom is -0.389 e. The van der Waals surface area contributed by atoms with E-state index in [1.165, 1.54) is 5.69 Å². The van der Waals surface area contributed by atoms with Gasteiger partial charge in [0.2, 0.25) is 0 Å². The van der Waals surface area contributed by atoms with E-state index in [2.05, 4.69) is 39.0 Å². The highest BCUT2D eigenvalue weighted by Gasteiger charge is 2.18. The Hall–Kier alpha value is -2.14. The molecule has 2 N–H and O–H groups in total. The monoisotopic (exact) mass is 298 g/mol. The van der Waals surface area contributed by atoms with Crippen molar-refractivity contribution in [3.05, 3.63) is 54.2 Å². The van der Waals surface area contributed by atoms with Crippen LogP contribution < -0.4 is 15.5 Å². The number of nitrogens with two attached hydrogens (primary N) is 1. The molecule has 0 saturated carbocycles. The van der Waals surface area contributed by atoms with Crippen molar-refractivity contribution in [1.82, 2.24) is 4.98 Å². The lowest BCUT2D eigenvalue weighted by atomic mass is 10.2. The van der Waals surface area contributed by atoms with Crippen molar-refractivity contribution in [1.29, 1.82) is 0 Å². The van der Waals surface area contributed by atoms with E-state index < -0.39 is 0 Å². The Balaban J connectivity index is 1.64. The highest BCUT2D eigenvalue weighted by molar-refractivity contribution is 7.80. The van der Waals surface area contributed by atoms with Gasteiger partial charge < -0.3 is 15.5 Å². The van der Waals surface area contributed by atoms with E-state index in [1.807, 2.05) is 18.2 Å². The Labute approximate surface area is 130 Å². The molecule has 5 heteroatoms. The van der Waals surface area contributed by atoms with Crippen LogP contribution in [0.5, 0.6) is 0 Å². The maximum Gasteiger partial charge on any atom is 0.128 e. The maximum atomic E-state index is 5.60. The zero-order chi connectivity index (χ0) is 14.7. The lowest BCUT2D eigenvalue weighted by Gasteiger charge is -2.36. The number of piperazine rings is 1. The number of anilines is 2. The molecule has 4 nitrogen and oxygen atoms in total. The van der Waals surface area contributed by atoms with Crippen LogP contribution in [-0.2, 0) is 0 Å². The van der Waals surface area contributed by atoms with Crippen molar-refractivity contribution < 1.29 is 0 Å². The number of thiocarbonyl (C=S) groups is 1. The van der Waals surface area contributed by atoms with Crippen LogP contribution in [0.1, 0.15) is 5.56 Å². The van der Waals surface area contributed by atoms with Crippen molar-refractivity contribution >= 4 is 28.7 Å². The second-order valence-corrected chi connectivity index (χ2v) is 5.52. The average Bonchev–Trinajstić information content (AvgIpc) is 2.56. The molecule has 0 amide bonds. The van der Waals surface area contributed by atoms with Crippen LogP contribution in [-0.4, -0.2) is 36.2 Å². The number of hydrogen-bond donors (Lipinski definition) is 1. The van der Waals surface area contributed by atoms with Gasteiger partial charge in [0.15, 0.2) is 0 Å². The van der Waals surface area contributed by atoms with Gasteiger partial charge in [0, 0.05) is 43.6 Å². The number of aromatic nitrogens is 1. The largest absolute Gasteiger partial charge is 0.389 e. The number of rotatable bonds is 3. The lowest BCUT2D eigenvalue weighted by Crippen LogP contribution is -2.46. The number of nitrogens with zero attached hydrogens (tertiary/aromatic N) is 3. The summed E-state index contributed by atoms with van der Waals surface area (Å²) >= 11 is 4.95. The first-order valence-electron chi connectivity index (χ1n) is 7.05. The summed E-state index contributed by atoms with van der Waals surface area (Å²) in [6.45, 7) is 3.94. The molecule has 2 heterocycles. The summed E-state index contributed by atoms with van der Waals surface area (Å²) in [5, 5.41) is 0. The Morgan fingerprint density at radius 3 is 2.19 bits per heavy atom. The van der Waals surface area contributed by atoms with E-state index in [9.17, 15) is 0 Å². The van der Waals surface area contributed by atoms with Gasteiger partial charge in [-0.15, -0.1) is 0 Å². The summed E-state index contributed by atoms with van der Waals surface area (Å²) in [7, 11) is 0. The zero-order valence-corrected chi connectivity index (χ0v) is 12.6. The van der Waals surface area contributed by atoms with Gasteiger partial charge in [-0.25, -0.2) is 4.98 Å². The number of benzene rings is 1. The fraction of sp³-hybridized carbons (Fsp3) is 0.250. The molecule has 1 aromatic heterocycles. The SMILES string of the molecule is NC(=S)c1ccc(N2CCN(c3ccccc3)CC2)nc1. The third-order valence-corrected chi connectivity index (χ3v) is 3.99. The third kappa shape index (κ3) is 3.13. The molecule has 1 aromatic carbocycles. The van der Waals surface area contributed by atoms with Gasteiger partial charge in [-0.1, -0.05) is 30.4 Å². The molecule has 21 heavy (non-hydrogen) atoms. The molecule has 1 saturated heterocycles. The van der Waals surface area contributed by atoms with Crippen LogP contribution in [0.4, 0.5) is 11.5 Å². The van der Waals surface area contributed by atoms with Gasteiger partial charge in [0.05, 0.1) is 0 Å². The molecule has 0 unspecified atom stereocenters. The van der Waals surface area contributed by atoms with Crippen LogP contribution in [0.2, 0.25) is 0 Å². The van der Waals surface area contributed by atoms with E-state index in [1.54, 1.807) is 6.20 Å². The number of pyridine rings is 1. The Morgan fingerprint density at radius 1 is 0.952 bits per heavy atom. The smallest absolute Gasteiger partial charge is 0.128 e. The third-order valence-electron chi connectivity index (χ3n) is 3.76. The van der Waals surface area contributed by atoms with Crippen molar-refractivity contribution in [2.45, 2.75) is 0 Å². The topological polar surface area (TPSA) is 45.4 Å². The Bertz CT molecular complexity index is 604. The van der Waals surface area contributed by atoms with Crippen LogP contribution >= 0.6 is 12.2 Å². The van der Waals surface area contributed by atoms with Crippen LogP contribution in [0.25, 0.3) is 0 Å². The van der Waals surface area contributed by atoms with Crippen molar-refractivity contribution in [2.75, 3.05) is 36.0 Å². The fourth-order valence-corrected chi connectivity index (χ4v) is 2.67. The molecule has 0 atom stereocenters. The molecule has 0 radical (unpaired) electrons. The molecule has 0 bridgehead atoms. The molecule has 2 aromatic rings. The second kappa shape index (κ2) is 6.10. The molecule has 108 valence electrons. The minimum absolute atomic E-state index is 0.392. The molecule has 1 aliphatic heterocycles. The molecule has 1 fully saturated rings. The first-order chi connectivity index (χ1) is 10.2. The molecule has 0 aliphatic carbocycles. The van der Waals surface area contributed by atoms with Crippen molar-refractivity contribution in [2.24, 2.45) is 5.73 Å². The maximum absolute atomic E-state index is 5.60. The lowest BCUT2D eigenvalue weighted by molar-refractivity contribution is 0.647. The number of para-hydroxylation sites is 1. The molecule has 3 rings (SSSR count). The van der Waals surface area contributed by atoms with Crippen LogP contribution in [0.3, 0.4) is 0 Å². The van der Waals surface area contributed by atoms with E-state index in [0.717, 1.165) is 37.6 Å². The average molecular weight is 298 g/mol. The standard InChI is InChI=1S/C16H18N4S/c17-16(21)13-6-7-15(18-12-13)20-10-8-19(9-11-20)14-4-2-1-3-5-14/h1-7,12H,8-11H2,(H2,17,21). The Kier molecular flexibility index (Phi) is 4.01. The normalized spacial score (nSPS) is 15.0. The first-order valence-corrected chi connectivity index (χ1v) is 7.46. The van der Waals surface area contributed by atoms with Gasteiger partial charge >= 0.3 is 0 Å². The van der Waals surface area contributed by atoms with Crippen molar-refractivity contribution in [3.63, 3.8) is 0 Å². The summed E-state index contributed by atoms with van der Waals surface area (Å²) in [6.07, 6.45) is 1.75. The molecule has 0 spiro atoms. The van der Waals surface area contributed by atoms with Gasteiger partial charge in [0.25, 0.3) is 0 Å². The zero-order valence-electron chi connectivity index (χ0n) is 11.8. The highest BCUT2D eigenvalue weighted by Crippen LogP contribution is 2.19. The summed E-state index contributed by atoms with van der Waals surface area (Å²) < 4.78 is 0. The first kappa shape index (κ1) is 13.8. The summed E-state index contributed by atoms with van der Waals surface area (Å²) in [5.41, 5.74) is 7.70. The van der Waals surface area contributed by atoms with Crippen LogP contribution in [0, 0.1) is 0 Å². The molecular formula is C16H18N4S. The van der Waals surface area contributed by atoms with Crippen molar-refractivity contribution in [3.8, 4) is 0 Å². The van der Waals surface area contributed by atoms with E-state index in [0.29, 0.717) is 4.99 Å². The summed E-state index contributed by atoms with van der Waals surface area (Å²) in [6, 6.07) is 14.5. The number of hydrogen-bond acceptors (Lipinski definition) is 4. The predicted molar refractivity (Wildman–Crippen MR) is 91.0 cm³/mol. The Morgan fingerprint density at radius 2 is 1.62 bits per heavy atom. The van der Waals surface area contributed by atoms with E-state index in [-0.39, 0.29) is 0 Å². The van der Waals surface area contributed by atoms with Crippen LogP contribution in [0.15, 0.2) is 48.7 Å². The van der Waals surface area contributed by atoms with E-state index in [4.69, 9.17) is 18.0 Å². The summed E-state index contributed by atoms with van der Waals surface area (Å²) in [4.78, 5) is 9.55. The minimum atomic E-state index is 0.392. The van der Waals surface area contributed by atoms with Gasteiger partial charge in [-0.05, 0) is 24.3 Å². The second-order valence-electron chi connectivity index (χ2n) is 5.08. The highest BCUT2D eigenvalue weighted by atomic mass is 32.1. The molecular weight excluding hydrogens is 280 g/mol. The van der Waals surface area contributed by atoms with Gasteiger partial charge in [-0.2, -0.15) is 0 Å². The van der Waals surface area contributed by atoms with Gasteiger partial charge in [0.1, 0.15) is 10.8 Å². The van der Waals surface area contributed by atoms with E-state index >= 15 is 0 Å². The fourth-order valence-electron chi connectivity index (χ4n) is 2.55. The molecule has 1 aliphatic rings. The van der Waals surface area contributed by atoms with Gasteiger partial charge in [-0.3, -0.25) is 0 Å². The quantitative estimate of drug-likeness (QED) is 0.879. The predicted octanol–water partition coefficient (Wildman–Crippen LogP) is 2.04. The summed E-state index contributed by atoms with van der Waals surface area (Å²) in [5.74, 6) is 0.989.